The molecule has 0 aromatic heterocycles. The highest BCUT2D eigenvalue weighted by Crippen LogP contribution is 2.12. The Morgan fingerprint density at radius 3 is 1.40 bits per heavy atom. The van der Waals surface area contributed by atoms with Gasteiger partial charge in [0, 0.05) is 6.42 Å². The minimum atomic E-state index is -0.0666. The second kappa shape index (κ2) is 18.8. The Morgan fingerprint density at radius 2 is 1.05 bits per heavy atom. The summed E-state index contributed by atoms with van der Waals surface area (Å²) in [7, 11) is 1.46. The van der Waals surface area contributed by atoms with Crippen molar-refractivity contribution in [2.24, 2.45) is 0 Å². The van der Waals surface area contributed by atoms with Crippen LogP contribution in [-0.2, 0) is 9.53 Å². The highest BCUT2D eigenvalue weighted by molar-refractivity contribution is 7.59. The number of hydrogen-bond donors (Lipinski definition) is 0. The molecule has 20 heavy (non-hydrogen) atoms. The van der Waals surface area contributed by atoms with E-state index in [0.29, 0.717) is 6.42 Å². The minimum absolute atomic E-state index is 0. The first-order valence-corrected chi connectivity index (χ1v) is 8.38. The van der Waals surface area contributed by atoms with Gasteiger partial charge in [-0.3, -0.25) is 4.79 Å². The van der Waals surface area contributed by atoms with Crippen LogP contribution in [0.25, 0.3) is 0 Å². The van der Waals surface area contributed by atoms with Gasteiger partial charge in [-0.25, -0.2) is 0 Å². The number of hydrogen-bond acceptors (Lipinski definition) is 2. The number of esters is 1. The van der Waals surface area contributed by atoms with Crippen LogP contribution in [0.3, 0.4) is 0 Å². The first-order chi connectivity index (χ1) is 9.31. The van der Waals surface area contributed by atoms with E-state index < -0.39 is 0 Å². The molecule has 0 aliphatic heterocycles. The molecule has 0 bridgehead atoms. The number of rotatable bonds is 14. The molecule has 122 valence electrons. The summed E-state index contributed by atoms with van der Waals surface area (Å²) in [4.78, 5) is 10.9. The second-order valence-electron chi connectivity index (χ2n) is 5.57. The van der Waals surface area contributed by atoms with Gasteiger partial charge in [-0.2, -0.15) is 13.5 Å². The Labute approximate surface area is 133 Å². The lowest BCUT2D eigenvalue weighted by atomic mass is 10.0. The Morgan fingerprint density at radius 1 is 0.700 bits per heavy atom. The van der Waals surface area contributed by atoms with Crippen molar-refractivity contribution in [2.75, 3.05) is 7.11 Å². The summed E-state index contributed by atoms with van der Waals surface area (Å²) in [6.07, 6.45) is 18.0. The van der Waals surface area contributed by atoms with Gasteiger partial charge in [-0.05, 0) is 6.42 Å². The topological polar surface area (TPSA) is 26.3 Å². The highest BCUT2D eigenvalue weighted by Gasteiger charge is 1.99. The summed E-state index contributed by atoms with van der Waals surface area (Å²) in [5, 5.41) is 0. The minimum Gasteiger partial charge on any atom is -0.469 e. The van der Waals surface area contributed by atoms with Crippen molar-refractivity contribution in [3.8, 4) is 0 Å². The zero-order valence-corrected chi connectivity index (χ0v) is 14.7. The SMILES string of the molecule is CCCCCCCCCCCCCCCC(=O)OC.S. The third-order valence-electron chi connectivity index (χ3n) is 3.71. The average molecular weight is 305 g/mol. The van der Waals surface area contributed by atoms with Gasteiger partial charge in [0.1, 0.15) is 0 Å². The van der Waals surface area contributed by atoms with Crippen molar-refractivity contribution < 1.29 is 9.53 Å². The third-order valence-corrected chi connectivity index (χ3v) is 3.71. The summed E-state index contributed by atoms with van der Waals surface area (Å²) in [5.74, 6) is -0.0666. The molecule has 0 heterocycles. The van der Waals surface area contributed by atoms with Gasteiger partial charge < -0.3 is 4.74 Å². The fourth-order valence-electron chi connectivity index (χ4n) is 2.39. The third kappa shape index (κ3) is 17.8. The van der Waals surface area contributed by atoms with Crippen molar-refractivity contribution in [3.63, 3.8) is 0 Å². The first kappa shape index (κ1) is 22.1. The second-order valence-corrected chi connectivity index (χ2v) is 5.57. The van der Waals surface area contributed by atoms with E-state index in [0.717, 1.165) is 6.42 Å². The molecule has 0 unspecified atom stereocenters. The largest absolute Gasteiger partial charge is 0.469 e. The van der Waals surface area contributed by atoms with Crippen LogP contribution in [0, 0.1) is 0 Å². The molecule has 0 radical (unpaired) electrons. The average Bonchev–Trinajstić information content (AvgIpc) is 2.43. The molecule has 0 aliphatic rings. The maximum atomic E-state index is 10.9. The normalized spacial score (nSPS) is 10.1. The fraction of sp³-hybridized carbons (Fsp3) is 0.941. The smallest absolute Gasteiger partial charge is 0.305 e. The summed E-state index contributed by atoms with van der Waals surface area (Å²) in [6, 6.07) is 0. The van der Waals surface area contributed by atoms with E-state index in [1.54, 1.807) is 0 Å². The molecule has 2 nitrogen and oxygen atoms in total. The molecular formula is C17H36O2S. The quantitative estimate of drug-likeness (QED) is 0.301. The van der Waals surface area contributed by atoms with Gasteiger partial charge in [-0.15, -0.1) is 0 Å². The molecule has 0 saturated carbocycles. The molecule has 0 amide bonds. The van der Waals surface area contributed by atoms with Gasteiger partial charge in [0.05, 0.1) is 7.11 Å². The maximum Gasteiger partial charge on any atom is 0.305 e. The molecule has 0 fully saturated rings. The summed E-state index contributed by atoms with van der Waals surface area (Å²) >= 11 is 0. The van der Waals surface area contributed by atoms with E-state index in [9.17, 15) is 4.79 Å². The van der Waals surface area contributed by atoms with Crippen LogP contribution in [0.4, 0.5) is 0 Å². The van der Waals surface area contributed by atoms with Crippen LogP contribution < -0.4 is 0 Å². The molecule has 0 spiro atoms. The molecule has 0 N–H and O–H groups in total. The number of carbonyl (C=O) groups excluding carboxylic acids is 1. The Balaban J connectivity index is 0. The van der Waals surface area contributed by atoms with Crippen molar-refractivity contribution >= 4 is 19.5 Å². The first-order valence-electron chi connectivity index (χ1n) is 8.38. The fourth-order valence-corrected chi connectivity index (χ4v) is 2.39. The maximum absolute atomic E-state index is 10.9. The van der Waals surface area contributed by atoms with Crippen molar-refractivity contribution in [1.29, 1.82) is 0 Å². The van der Waals surface area contributed by atoms with Gasteiger partial charge in [-0.1, -0.05) is 84.0 Å². The van der Waals surface area contributed by atoms with Crippen LogP contribution >= 0.6 is 13.5 Å². The summed E-state index contributed by atoms with van der Waals surface area (Å²) in [6.45, 7) is 2.27. The monoisotopic (exact) mass is 304 g/mol. The standard InChI is InChI=1S/C17H34O2.H2S/c1-3-4-5-6-7-8-9-10-11-12-13-14-15-16-17(18)19-2;/h3-16H2,1-2H3;1H2. The Kier molecular flexibility index (Phi) is 20.8. The van der Waals surface area contributed by atoms with Gasteiger partial charge >= 0.3 is 5.97 Å². The lowest BCUT2D eigenvalue weighted by Gasteiger charge is -2.03. The molecule has 3 heteroatoms. The zero-order valence-electron chi connectivity index (χ0n) is 13.7. The van der Waals surface area contributed by atoms with E-state index in [2.05, 4.69) is 11.7 Å². The summed E-state index contributed by atoms with van der Waals surface area (Å²) in [5.41, 5.74) is 0. The van der Waals surface area contributed by atoms with Crippen molar-refractivity contribution in [3.05, 3.63) is 0 Å². The van der Waals surface area contributed by atoms with E-state index in [4.69, 9.17) is 0 Å². The molecule has 0 atom stereocenters. The van der Waals surface area contributed by atoms with Crippen LogP contribution in [0.2, 0.25) is 0 Å². The molecular weight excluding hydrogens is 268 g/mol. The van der Waals surface area contributed by atoms with Gasteiger partial charge in [0.25, 0.3) is 0 Å². The van der Waals surface area contributed by atoms with Gasteiger partial charge in [0.15, 0.2) is 0 Å². The predicted molar refractivity (Wildman–Crippen MR) is 92.7 cm³/mol. The molecule has 0 aromatic rings. The Hall–Kier alpha value is -0.180. The zero-order chi connectivity index (χ0) is 14.2. The van der Waals surface area contributed by atoms with E-state index in [1.807, 2.05) is 0 Å². The highest BCUT2D eigenvalue weighted by atomic mass is 32.1. The van der Waals surface area contributed by atoms with Crippen LogP contribution in [0.15, 0.2) is 0 Å². The van der Waals surface area contributed by atoms with E-state index in [1.165, 1.54) is 84.2 Å². The lowest BCUT2D eigenvalue weighted by molar-refractivity contribution is -0.140. The number of ether oxygens (including phenoxy) is 1. The van der Waals surface area contributed by atoms with Crippen LogP contribution in [-0.4, -0.2) is 13.1 Å². The van der Waals surface area contributed by atoms with Crippen molar-refractivity contribution in [2.45, 2.75) is 96.8 Å². The van der Waals surface area contributed by atoms with E-state index >= 15 is 0 Å². The van der Waals surface area contributed by atoms with Gasteiger partial charge in [0.2, 0.25) is 0 Å². The van der Waals surface area contributed by atoms with Crippen LogP contribution in [0.1, 0.15) is 96.8 Å². The predicted octanol–water partition coefficient (Wildman–Crippen LogP) is 5.75. The summed E-state index contributed by atoms with van der Waals surface area (Å²) < 4.78 is 4.62. The lowest BCUT2D eigenvalue weighted by Crippen LogP contribution is -1.99. The molecule has 0 aromatic carbocycles. The number of unbranched alkanes of at least 4 members (excludes halogenated alkanes) is 12. The van der Waals surface area contributed by atoms with E-state index in [-0.39, 0.29) is 19.5 Å². The van der Waals surface area contributed by atoms with Crippen molar-refractivity contribution in [1.82, 2.24) is 0 Å². The van der Waals surface area contributed by atoms with Crippen LogP contribution in [0.5, 0.6) is 0 Å². The molecule has 0 rings (SSSR count). The number of methoxy groups -OCH3 is 1. The molecule has 0 saturated heterocycles. The number of carbonyl (C=O) groups is 1. The Bertz CT molecular complexity index is 195. The molecule has 0 aliphatic carbocycles.